The number of halogens is 9. The van der Waals surface area contributed by atoms with Crippen molar-refractivity contribution in [3.05, 3.63) is 0 Å². The van der Waals surface area contributed by atoms with E-state index in [0.717, 1.165) is 0 Å². The molecule has 0 aromatic rings. The summed E-state index contributed by atoms with van der Waals surface area (Å²) in [6, 6.07) is 0. The summed E-state index contributed by atoms with van der Waals surface area (Å²) in [7, 11) is -17.5. The van der Waals surface area contributed by atoms with E-state index < -0.39 is 46.9 Å². The Balaban J connectivity index is -0.000000130. The van der Waals surface area contributed by atoms with Gasteiger partial charge < -0.3 is 6.15 Å². The summed E-state index contributed by atoms with van der Waals surface area (Å²) in [4.78, 5) is 0. The lowest BCUT2D eigenvalue weighted by molar-refractivity contribution is -0.0514. The summed E-state index contributed by atoms with van der Waals surface area (Å²) in [6.45, 7) is 0. The molecule has 0 radical (unpaired) electrons. The third-order valence-electron chi connectivity index (χ3n) is 0.877. The van der Waals surface area contributed by atoms with Gasteiger partial charge in [0.1, 0.15) is 0 Å². The average molecular weight is 467 g/mol. The van der Waals surface area contributed by atoms with Crippen molar-refractivity contribution in [2.75, 3.05) is 0 Å². The molecule has 0 bridgehead atoms. The first-order chi connectivity index (χ1) is 9.75. The van der Waals surface area contributed by atoms with Gasteiger partial charge in [-0.1, -0.05) is 0 Å². The second-order valence-electron chi connectivity index (χ2n) is 2.76. The van der Waals surface area contributed by atoms with E-state index in [9.17, 15) is 39.5 Å². The first kappa shape index (κ1) is 31.8. The molecule has 0 atom stereocenters. The van der Waals surface area contributed by atoms with Crippen LogP contribution in [0.25, 0.3) is 0 Å². The molecule has 0 aliphatic heterocycles. The highest BCUT2D eigenvalue weighted by atomic mass is 32.2. The van der Waals surface area contributed by atoms with Crippen LogP contribution in [0.1, 0.15) is 0 Å². The summed E-state index contributed by atoms with van der Waals surface area (Å²) < 4.78 is 173. The van der Waals surface area contributed by atoms with Crippen molar-refractivity contribution in [1.29, 1.82) is 0 Å². The molecule has 0 fully saturated rings. The van der Waals surface area contributed by atoms with E-state index in [-0.39, 0.29) is 6.15 Å². The molecular formula is C3H6F9NO9S3. The van der Waals surface area contributed by atoms with Gasteiger partial charge in [0.2, 0.25) is 0 Å². The molecule has 22 heteroatoms. The van der Waals surface area contributed by atoms with Crippen LogP contribution in [0.2, 0.25) is 0 Å². The summed E-state index contributed by atoms with van der Waals surface area (Å²) >= 11 is 0. The van der Waals surface area contributed by atoms with Crippen LogP contribution in [0.4, 0.5) is 39.5 Å². The molecule has 0 aromatic heterocycles. The minimum atomic E-state index is -5.84. The van der Waals surface area contributed by atoms with Gasteiger partial charge in [0.25, 0.3) is 0 Å². The Bertz CT molecular complexity index is 596. The second kappa shape index (κ2) is 9.13. The van der Waals surface area contributed by atoms with Gasteiger partial charge in [-0.3, -0.25) is 13.7 Å². The van der Waals surface area contributed by atoms with E-state index in [0.29, 0.717) is 0 Å². The summed E-state index contributed by atoms with van der Waals surface area (Å²) in [6.07, 6.45) is 0. The molecular weight excluding hydrogens is 461 g/mol. The Labute approximate surface area is 132 Å². The van der Waals surface area contributed by atoms with Crippen molar-refractivity contribution in [3.63, 3.8) is 0 Å². The largest absolute Gasteiger partial charge is 0.522 e. The van der Waals surface area contributed by atoms with Crippen LogP contribution in [0.15, 0.2) is 0 Å². The van der Waals surface area contributed by atoms with E-state index in [1.54, 1.807) is 0 Å². The zero-order valence-corrected chi connectivity index (χ0v) is 13.1. The number of hydrogen-bond donors (Lipinski definition) is 4. The zero-order valence-electron chi connectivity index (χ0n) is 10.6. The summed E-state index contributed by atoms with van der Waals surface area (Å²) in [5.41, 5.74) is -16.6. The lowest BCUT2D eigenvalue weighted by Crippen LogP contribution is -2.21. The van der Waals surface area contributed by atoms with Gasteiger partial charge in [-0.2, -0.15) is 64.8 Å². The smallest absolute Gasteiger partial charge is 0.344 e. The fraction of sp³-hybridized carbons (Fsp3) is 1.00. The van der Waals surface area contributed by atoms with Crippen LogP contribution in [-0.2, 0) is 30.4 Å². The van der Waals surface area contributed by atoms with E-state index in [1.807, 2.05) is 0 Å². The maximum atomic E-state index is 10.7. The van der Waals surface area contributed by atoms with Crippen molar-refractivity contribution >= 4 is 30.4 Å². The average Bonchev–Trinajstić information content (AvgIpc) is 2.08. The normalized spacial score (nSPS) is 13.4. The maximum absolute atomic E-state index is 10.7. The predicted molar refractivity (Wildman–Crippen MR) is 57.8 cm³/mol. The first-order valence-electron chi connectivity index (χ1n) is 3.86. The first-order valence-corrected chi connectivity index (χ1v) is 8.18. The summed E-state index contributed by atoms with van der Waals surface area (Å²) in [5.74, 6) is 0. The fourth-order valence-electron chi connectivity index (χ4n) is 0. The predicted octanol–water partition coefficient (Wildman–Crippen LogP) is 1.34. The highest BCUT2D eigenvalue weighted by molar-refractivity contribution is 7.87. The molecule has 158 valence electrons. The SMILES string of the molecule is N.O=S(=O)(O)C(F)(F)F.O=S(=O)(O)C(F)(F)F.O=S(=O)(O)C(F)(F)F. The molecule has 0 amide bonds. The lowest BCUT2D eigenvalue weighted by Gasteiger charge is -1.97. The van der Waals surface area contributed by atoms with Gasteiger partial charge in [-0.05, 0) is 0 Å². The van der Waals surface area contributed by atoms with Gasteiger partial charge in [-0.25, -0.2) is 0 Å². The van der Waals surface area contributed by atoms with Crippen molar-refractivity contribution in [3.8, 4) is 0 Å². The van der Waals surface area contributed by atoms with Crippen molar-refractivity contribution in [1.82, 2.24) is 6.15 Å². The summed E-state index contributed by atoms with van der Waals surface area (Å²) in [5, 5.41) is 0. The molecule has 0 saturated carbocycles. The van der Waals surface area contributed by atoms with Gasteiger partial charge in [0, 0.05) is 0 Å². The third kappa shape index (κ3) is 15.1. The van der Waals surface area contributed by atoms with Gasteiger partial charge in [-0.15, -0.1) is 0 Å². The van der Waals surface area contributed by atoms with Crippen LogP contribution < -0.4 is 6.15 Å². The standard InChI is InChI=1S/3CHF3O3S.H3N/c3*2-1(3,4)8(5,6)7;/h3*(H,5,6,7);1H3. The molecule has 0 aromatic carbocycles. The number of alkyl halides is 9. The van der Waals surface area contributed by atoms with Crippen LogP contribution in [0.3, 0.4) is 0 Å². The minimum absolute atomic E-state index is 0. The van der Waals surface area contributed by atoms with Crippen molar-refractivity contribution in [2.45, 2.75) is 16.5 Å². The fourth-order valence-corrected chi connectivity index (χ4v) is 0. The van der Waals surface area contributed by atoms with Crippen molar-refractivity contribution < 1.29 is 78.4 Å². The highest BCUT2D eigenvalue weighted by Crippen LogP contribution is 2.21. The number of rotatable bonds is 0. The van der Waals surface area contributed by atoms with E-state index in [4.69, 9.17) is 38.9 Å². The lowest BCUT2D eigenvalue weighted by atomic mass is 11.6. The topological polar surface area (TPSA) is 198 Å². The molecule has 0 aliphatic carbocycles. The van der Waals surface area contributed by atoms with Crippen LogP contribution in [0.5, 0.6) is 0 Å². The van der Waals surface area contributed by atoms with E-state index in [2.05, 4.69) is 0 Å². The zero-order chi connectivity index (χ0) is 21.0. The monoisotopic (exact) mass is 467 g/mol. The van der Waals surface area contributed by atoms with Gasteiger partial charge in [0.05, 0.1) is 0 Å². The molecule has 0 heterocycles. The highest BCUT2D eigenvalue weighted by Gasteiger charge is 2.45. The Morgan fingerprint density at radius 1 is 0.440 bits per heavy atom. The Morgan fingerprint density at radius 2 is 0.480 bits per heavy atom. The molecule has 0 aliphatic rings. The quantitative estimate of drug-likeness (QED) is 0.229. The van der Waals surface area contributed by atoms with Crippen molar-refractivity contribution in [2.24, 2.45) is 0 Å². The van der Waals surface area contributed by atoms with Crippen LogP contribution >= 0.6 is 0 Å². The van der Waals surface area contributed by atoms with Gasteiger partial charge >= 0.3 is 46.9 Å². The number of hydrogen-bond acceptors (Lipinski definition) is 7. The molecule has 6 N–H and O–H groups in total. The van der Waals surface area contributed by atoms with Crippen LogP contribution in [-0.4, -0.2) is 55.4 Å². The third-order valence-corrected chi connectivity index (χ3v) is 2.63. The molecule has 10 nitrogen and oxygen atoms in total. The minimum Gasteiger partial charge on any atom is -0.344 e. The Kier molecular flexibility index (Phi) is 11.6. The van der Waals surface area contributed by atoms with E-state index >= 15 is 0 Å². The molecule has 0 saturated heterocycles. The second-order valence-corrected chi connectivity index (χ2v) is 7.00. The van der Waals surface area contributed by atoms with Gasteiger partial charge in [0.15, 0.2) is 0 Å². The van der Waals surface area contributed by atoms with Crippen LogP contribution in [0, 0.1) is 0 Å². The molecule has 25 heavy (non-hydrogen) atoms. The molecule has 0 spiro atoms. The Hall–Kier alpha value is -0.940. The molecule has 0 rings (SSSR count). The van der Waals surface area contributed by atoms with E-state index in [1.165, 1.54) is 0 Å². The Morgan fingerprint density at radius 3 is 0.480 bits per heavy atom. The maximum Gasteiger partial charge on any atom is 0.522 e. The molecule has 0 unspecified atom stereocenters.